The van der Waals surface area contributed by atoms with Gasteiger partial charge in [0.25, 0.3) is 5.91 Å². The molecule has 8 nitrogen and oxygen atoms in total. The molecule has 1 heterocycles. The molecule has 0 saturated carbocycles. The minimum atomic E-state index is -4.89. The number of halogens is 3. The van der Waals surface area contributed by atoms with Crippen LogP contribution in [0.4, 0.5) is 18.9 Å². The number of carbonyl (C=O) groups is 1. The van der Waals surface area contributed by atoms with Crippen LogP contribution in [0.1, 0.15) is 10.4 Å². The SMILES string of the molecule is O=C1Nc2cc(OC(F)(F)F)ccc2Oc2ccc(-c3cccc(S(=O)(=O)NCCO)c3)cc21. The van der Waals surface area contributed by atoms with E-state index in [1.165, 1.54) is 36.4 Å². The van der Waals surface area contributed by atoms with Crippen LogP contribution in [-0.2, 0) is 10.0 Å². The quantitative estimate of drug-likeness (QED) is 0.479. The summed E-state index contributed by atoms with van der Waals surface area (Å²) in [6.07, 6.45) is -4.89. The smallest absolute Gasteiger partial charge is 0.454 e. The van der Waals surface area contributed by atoms with Gasteiger partial charge in [-0.05, 0) is 47.5 Å². The zero-order valence-electron chi connectivity index (χ0n) is 17.2. The molecule has 0 aliphatic carbocycles. The fourth-order valence-corrected chi connectivity index (χ4v) is 4.35. The van der Waals surface area contributed by atoms with Crippen LogP contribution in [0.5, 0.6) is 17.2 Å². The van der Waals surface area contributed by atoms with E-state index in [0.29, 0.717) is 11.1 Å². The molecule has 3 aromatic carbocycles. The van der Waals surface area contributed by atoms with E-state index < -0.39 is 28.0 Å². The Balaban J connectivity index is 1.65. The average molecular weight is 494 g/mol. The first-order chi connectivity index (χ1) is 16.1. The molecule has 3 aromatic rings. The molecule has 0 atom stereocenters. The molecule has 1 amide bonds. The fourth-order valence-electron chi connectivity index (χ4n) is 3.28. The van der Waals surface area contributed by atoms with Gasteiger partial charge in [-0.3, -0.25) is 4.79 Å². The number of aliphatic hydroxyl groups excluding tert-OH is 1. The summed E-state index contributed by atoms with van der Waals surface area (Å²) in [6, 6.07) is 13.9. The van der Waals surface area contributed by atoms with E-state index in [2.05, 4.69) is 14.8 Å². The molecule has 34 heavy (non-hydrogen) atoms. The highest BCUT2D eigenvalue weighted by Gasteiger charge is 2.32. The molecule has 0 spiro atoms. The van der Waals surface area contributed by atoms with Crippen LogP contribution >= 0.6 is 0 Å². The summed E-state index contributed by atoms with van der Waals surface area (Å²) in [6.45, 7) is -0.496. The third-order valence-electron chi connectivity index (χ3n) is 4.76. The van der Waals surface area contributed by atoms with Crippen LogP contribution in [0.15, 0.2) is 65.6 Å². The Kier molecular flexibility index (Phi) is 6.21. The molecule has 1 aliphatic rings. The maximum absolute atomic E-state index is 12.8. The number of sulfonamides is 1. The molecular formula is C22H17F3N2O6S. The van der Waals surface area contributed by atoms with Gasteiger partial charge in [0.1, 0.15) is 11.5 Å². The van der Waals surface area contributed by atoms with Crippen molar-refractivity contribution in [2.75, 3.05) is 18.5 Å². The average Bonchev–Trinajstić information content (AvgIpc) is 2.92. The lowest BCUT2D eigenvalue weighted by molar-refractivity contribution is -0.274. The first-order valence-corrected chi connectivity index (χ1v) is 11.3. The molecule has 3 N–H and O–H groups in total. The second-order valence-electron chi connectivity index (χ2n) is 7.12. The van der Waals surface area contributed by atoms with E-state index in [0.717, 1.165) is 12.1 Å². The topological polar surface area (TPSA) is 114 Å². The largest absolute Gasteiger partial charge is 0.573 e. The first-order valence-electron chi connectivity index (χ1n) is 9.80. The molecule has 0 radical (unpaired) electrons. The lowest BCUT2D eigenvalue weighted by atomic mass is 10.0. The molecule has 12 heteroatoms. The summed E-state index contributed by atoms with van der Waals surface area (Å²) in [4.78, 5) is 12.8. The third kappa shape index (κ3) is 5.14. The maximum Gasteiger partial charge on any atom is 0.573 e. The second-order valence-corrected chi connectivity index (χ2v) is 8.89. The Morgan fingerprint density at radius 2 is 1.74 bits per heavy atom. The summed E-state index contributed by atoms with van der Waals surface area (Å²) in [5.41, 5.74) is 1.08. The minimum absolute atomic E-state index is 0.00690. The number of rotatable bonds is 6. The van der Waals surface area contributed by atoms with E-state index in [-0.39, 0.29) is 40.8 Å². The molecule has 1 aliphatic heterocycles. The number of ether oxygens (including phenoxy) is 2. The zero-order valence-corrected chi connectivity index (χ0v) is 18.0. The molecule has 0 aromatic heterocycles. The highest BCUT2D eigenvalue weighted by atomic mass is 32.2. The van der Waals surface area contributed by atoms with Gasteiger partial charge in [-0.25, -0.2) is 13.1 Å². The van der Waals surface area contributed by atoms with E-state index in [4.69, 9.17) is 9.84 Å². The molecule has 178 valence electrons. The normalized spacial score (nSPS) is 13.2. The van der Waals surface area contributed by atoms with Crippen molar-refractivity contribution in [1.82, 2.24) is 4.72 Å². The Hall–Kier alpha value is -3.61. The number of benzene rings is 3. The van der Waals surface area contributed by atoms with Crippen LogP contribution in [-0.4, -0.2) is 38.9 Å². The Bertz CT molecular complexity index is 1360. The van der Waals surface area contributed by atoms with Gasteiger partial charge in [-0.2, -0.15) is 0 Å². The van der Waals surface area contributed by atoms with E-state index in [1.54, 1.807) is 12.1 Å². The van der Waals surface area contributed by atoms with Crippen LogP contribution in [0.3, 0.4) is 0 Å². The summed E-state index contributed by atoms with van der Waals surface area (Å²) in [7, 11) is -3.85. The van der Waals surface area contributed by atoms with E-state index in [1.807, 2.05) is 0 Å². The number of amides is 1. The van der Waals surface area contributed by atoms with Crippen LogP contribution < -0.4 is 19.5 Å². The molecule has 0 unspecified atom stereocenters. The summed E-state index contributed by atoms with van der Waals surface area (Å²) < 4.78 is 74.1. The Morgan fingerprint density at radius 3 is 2.47 bits per heavy atom. The molecule has 4 rings (SSSR count). The first kappa shape index (κ1) is 23.5. The van der Waals surface area contributed by atoms with Crippen LogP contribution in [0, 0.1) is 0 Å². The predicted molar refractivity (Wildman–Crippen MR) is 115 cm³/mol. The highest BCUT2D eigenvalue weighted by Crippen LogP contribution is 2.40. The Morgan fingerprint density at radius 1 is 1.00 bits per heavy atom. The lowest BCUT2D eigenvalue weighted by Gasteiger charge is -2.12. The van der Waals surface area contributed by atoms with E-state index >= 15 is 0 Å². The Labute approximate surface area is 192 Å². The van der Waals surface area contributed by atoms with Crippen molar-refractivity contribution in [3.8, 4) is 28.4 Å². The van der Waals surface area contributed by atoms with Gasteiger partial charge in [0.15, 0.2) is 5.75 Å². The van der Waals surface area contributed by atoms with Crippen molar-refractivity contribution < 1.29 is 41.0 Å². The fraction of sp³-hybridized carbons (Fsp3) is 0.136. The van der Waals surface area contributed by atoms with Crippen molar-refractivity contribution in [3.63, 3.8) is 0 Å². The van der Waals surface area contributed by atoms with Gasteiger partial charge in [-0.1, -0.05) is 18.2 Å². The van der Waals surface area contributed by atoms with Gasteiger partial charge < -0.3 is 19.9 Å². The number of aliphatic hydroxyl groups is 1. The second kappa shape index (κ2) is 8.97. The number of alkyl halides is 3. The highest BCUT2D eigenvalue weighted by molar-refractivity contribution is 7.89. The van der Waals surface area contributed by atoms with Gasteiger partial charge >= 0.3 is 6.36 Å². The van der Waals surface area contributed by atoms with Crippen LogP contribution in [0.25, 0.3) is 11.1 Å². The number of hydrogen-bond donors (Lipinski definition) is 3. The van der Waals surface area contributed by atoms with Crippen molar-refractivity contribution >= 4 is 21.6 Å². The zero-order chi connectivity index (χ0) is 24.5. The van der Waals surface area contributed by atoms with Crippen molar-refractivity contribution in [2.24, 2.45) is 0 Å². The maximum atomic E-state index is 12.8. The molecule has 0 bridgehead atoms. The van der Waals surface area contributed by atoms with Gasteiger partial charge in [-0.15, -0.1) is 13.2 Å². The van der Waals surface area contributed by atoms with Crippen LogP contribution in [0.2, 0.25) is 0 Å². The summed E-state index contributed by atoms with van der Waals surface area (Å²) in [5.74, 6) is -0.863. The number of carbonyl (C=O) groups excluding carboxylic acids is 1. The molecular weight excluding hydrogens is 477 g/mol. The van der Waals surface area contributed by atoms with Crippen molar-refractivity contribution in [1.29, 1.82) is 0 Å². The number of anilines is 1. The lowest BCUT2D eigenvalue weighted by Crippen LogP contribution is -2.26. The molecule has 0 fully saturated rings. The van der Waals surface area contributed by atoms with Crippen molar-refractivity contribution in [3.05, 3.63) is 66.2 Å². The summed E-state index contributed by atoms with van der Waals surface area (Å²) >= 11 is 0. The van der Waals surface area contributed by atoms with Crippen molar-refractivity contribution in [2.45, 2.75) is 11.3 Å². The number of hydrogen-bond acceptors (Lipinski definition) is 6. The number of fused-ring (bicyclic) bond motifs is 2. The standard InChI is InChI=1S/C22H17F3N2O6S/c23-22(24,25)33-15-5-7-20-18(12-15)27-21(29)17-11-14(4-6-19(17)32-20)13-2-1-3-16(10-13)34(30,31)26-8-9-28/h1-7,10-12,26,28H,8-9H2,(H,27,29). The number of nitrogens with one attached hydrogen (secondary N) is 2. The van der Waals surface area contributed by atoms with Gasteiger partial charge in [0.2, 0.25) is 10.0 Å². The molecule has 0 saturated heterocycles. The predicted octanol–water partition coefficient (Wildman–Crippen LogP) is 3.88. The van der Waals surface area contributed by atoms with E-state index in [9.17, 15) is 26.4 Å². The minimum Gasteiger partial charge on any atom is -0.454 e. The summed E-state index contributed by atoms with van der Waals surface area (Å²) in [5, 5.41) is 11.4. The third-order valence-corrected chi connectivity index (χ3v) is 6.22. The monoisotopic (exact) mass is 494 g/mol. The van der Waals surface area contributed by atoms with Gasteiger partial charge in [0.05, 0.1) is 22.8 Å². The van der Waals surface area contributed by atoms with Gasteiger partial charge in [0, 0.05) is 12.6 Å².